The molecule has 0 unspecified atom stereocenters. The van der Waals surface area contributed by atoms with Gasteiger partial charge in [-0.25, -0.2) is 13.1 Å². The zero-order valence-corrected chi connectivity index (χ0v) is 13.6. The molecule has 7 heteroatoms. The summed E-state index contributed by atoms with van der Waals surface area (Å²) in [6.45, 7) is 4.48. The van der Waals surface area contributed by atoms with Crippen molar-refractivity contribution in [3.63, 3.8) is 0 Å². The summed E-state index contributed by atoms with van der Waals surface area (Å²) in [6, 6.07) is 4.52. The number of halogens is 1. The SMILES string of the molecule is CC(C)OCCNS(=O)(=O)c1ccc(C#CCN)cc1Cl. The van der Waals surface area contributed by atoms with Crippen LogP contribution in [0.3, 0.4) is 0 Å². The lowest BCUT2D eigenvalue weighted by Gasteiger charge is -2.10. The van der Waals surface area contributed by atoms with E-state index in [1.807, 2.05) is 13.8 Å². The molecular weight excluding hydrogens is 312 g/mol. The first-order valence-corrected chi connectivity index (χ1v) is 8.32. The van der Waals surface area contributed by atoms with E-state index in [4.69, 9.17) is 22.1 Å². The molecule has 0 aromatic heterocycles. The van der Waals surface area contributed by atoms with Crippen molar-refractivity contribution < 1.29 is 13.2 Å². The Balaban J connectivity index is 2.79. The van der Waals surface area contributed by atoms with E-state index in [-0.39, 0.29) is 29.1 Å². The highest BCUT2D eigenvalue weighted by atomic mass is 35.5. The smallest absolute Gasteiger partial charge is 0.242 e. The van der Waals surface area contributed by atoms with Crippen LogP contribution in [0.2, 0.25) is 5.02 Å². The molecule has 0 bridgehead atoms. The average molecular weight is 331 g/mol. The van der Waals surface area contributed by atoms with Crippen molar-refractivity contribution in [1.82, 2.24) is 4.72 Å². The van der Waals surface area contributed by atoms with Crippen molar-refractivity contribution in [2.45, 2.75) is 24.8 Å². The summed E-state index contributed by atoms with van der Waals surface area (Å²) in [5.41, 5.74) is 5.90. The average Bonchev–Trinajstić information content (AvgIpc) is 2.41. The van der Waals surface area contributed by atoms with E-state index >= 15 is 0 Å². The largest absolute Gasteiger partial charge is 0.377 e. The third-order valence-corrected chi connectivity index (χ3v) is 4.35. The summed E-state index contributed by atoms with van der Waals surface area (Å²) in [5.74, 6) is 5.47. The normalized spacial score (nSPS) is 11.3. The Morgan fingerprint density at radius 2 is 2.14 bits per heavy atom. The van der Waals surface area contributed by atoms with Crippen LogP contribution < -0.4 is 10.5 Å². The minimum Gasteiger partial charge on any atom is -0.377 e. The van der Waals surface area contributed by atoms with E-state index in [9.17, 15) is 8.42 Å². The number of nitrogens with one attached hydrogen (secondary N) is 1. The predicted molar refractivity (Wildman–Crippen MR) is 83.7 cm³/mol. The summed E-state index contributed by atoms with van der Waals surface area (Å²) in [6.07, 6.45) is 0.0542. The Labute approximate surface area is 130 Å². The molecule has 1 rings (SSSR count). The number of hydrogen-bond donors (Lipinski definition) is 2. The fourth-order valence-corrected chi connectivity index (χ4v) is 3.05. The molecule has 1 aromatic rings. The van der Waals surface area contributed by atoms with Gasteiger partial charge in [0.2, 0.25) is 10.0 Å². The van der Waals surface area contributed by atoms with Gasteiger partial charge in [0, 0.05) is 12.1 Å². The van der Waals surface area contributed by atoms with E-state index in [1.165, 1.54) is 12.1 Å². The minimum absolute atomic E-state index is 0.0204. The standard InChI is InChI=1S/C14H19ClN2O3S/c1-11(2)20-9-8-17-21(18,19)14-6-5-12(4-3-7-16)10-13(14)15/h5-6,10-11,17H,7-9,16H2,1-2H3. The van der Waals surface area contributed by atoms with Gasteiger partial charge >= 0.3 is 0 Å². The summed E-state index contributed by atoms with van der Waals surface area (Å²) in [4.78, 5) is 0.0204. The van der Waals surface area contributed by atoms with E-state index in [1.54, 1.807) is 6.07 Å². The fourth-order valence-electron chi connectivity index (χ4n) is 1.50. The first-order chi connectivity index (χ1) is 9.86. The Bertz CT molecular complexity index is 633. The van der Waals surface area contributed by atoms with Crippen LogP contribution in [0.5, 0.6) is 0 Å². The van der Waals surface area contributed by atoms with Crippen molar-refractivity contribution in [2.24, 2.45) is 5.73 Å². The Morgan fingerprint density at radius 3 is 2.71 bits per heavy atom. The van der Waals surface area contributed by atoms with Gasteiger partial charge in [-0.15, -0.1) is 0 Å². The van der Waals surface area contributed by atoms with E-state index in [2.05, 4.69) is 16.6 Å². The van der Waals surface area contributed by atoms with Gasteiger partial charge in [-0.1, -0.05) is 23.4 Å². The molecule has 0 heterocycles. The quantitative estimate of drug-likeness (QED) is 0.609. The molecule has 0 spiro atoms. The topological polar surface area (TPSA) is 81.4 Å². The Hall–Kier alpha value is -1.10. The van der Waals surface area contributed by atoms with E-state index in [0.717, 1.165) is 0 Å². The molecule has 3 N–H and O–H groups in total. The molecule has 0 atom stereocenters. The molecule has 0 radical (unpaired) electrons. The maximum absolute atomic E-state index is 12.1. The molecule has 5 nitrogen and oxygen atoms in total. The van der Waals surface area contributed by atoms with Crippen LogP contribution in [0, 0.1) is 11.8 Å². The van der Waals surface area contributed by atoms with Crippen LogP contribution in [0.4, 0.5) is 0 Å². The summed E-state index contributed by atoms with van der Waals surface area (Å²) in [7, 11) is -3.66. The second-order valence-electron chi connectivity index (χ2n) is 4.47. The number of ether oxygens (including phenoxy) is 1. The number of nitrogens with two attached hydrogens (primary N) is 1. The van der Waals surface area contributed by atoms with Crippen LogP contribution in [0.25, 0.3) is 0 Å². The van der Waals surface area contributed by atoms with Gasteiger partial charge in [-0.05, 0) is 32.0 Å². The molecular formula is C14H19ClN2O3S. The molecule has 0 fully saturated rings. The summed E-state index contributed by atoms with van der Waals surface area (Å²) in [5, 5.41) is 0.121. The molecule has 0 amide bonds. The molecule has 0 aliphatic carbocycles. The van der Waals surface area contributed by atoms with Crippen LogP contribution >= 0.6 is 11.6 Å². The van der Waals surface area contributed by atoms with Crippen LogP contribution in [0.1, 0.15) is 19.4 Å². The lowest BCUT2D eigenvalue weighted by molar-refractivity contribution is 0.0834. The number of sulfonamides is 1. The maximum atomic E-state index is 12.1. The van der Waals surface area contributed by atoms with Crippen LogP contribution in [-0.4, -0.2) is 34.2 Å². The van der Waals surface area contributed by atoms with Gasteiger partial charge in [0.05, 0.1) is 24.3 Å². The number of benzene rings is 1. The molecule has 0 aliphatic rings. The van der Waals surface area contributed by atoms with Gasteiger partial charge in [0.25, 0.3) is 0 Å². The number of rotatable bonds is 6. The maximum Gasteiger partial charge on any atom is 0.242 e. The highest BCUT2D eigenvalue weighted by Gasteiger charge is 2.17. The van der Waals surface area contributed by atoms with E-state index in [0.29, 0.717) is 12.2 Å². The van der Waals surface area contributed by atoms with Crippen molar-refractivity contribution >= 4 is 21.6 Å². The van der Waals surface area contributed by atoms with Gasteiger partial charge in [0.1, 0.15) is 4.90 Å². The van der Waals surface area contributed by atoms with Crippen LogP contribution in [0.15, 0.2) is 23.1 Å². The molecule has 0 saturated carbocycles. The molecule has 21 heavy (non-hydrogen) atoms. The summed E-state index contributed by atoms with van der Waals surface area (Å²) >= 11 is 6.01. The predicted octanol–water partition coefficient (Wildman–Crippen LogP) is 1.35. The summed E-state index contributed by atoms with van der Waals surface area (Å²) < 4.78 is 31.9. The van der Waals surface area contributed by atoms with Gasteiger partial charge < -0.3 is 10.5 Å². The highest BCUT2D eigenvalue weighted by Crippen LogP contribution is 2.22. The lowest BCUT2D eigenvalue weighted by atomic mass is 10.2. The van der Waals surface area contributed by atoms with Crippen molar-refractivity contribution in [1.29, 1.82) is 0 Å². The highest BCUT2D eigenvalue weighted by molar-refractivity contribution is 7.89. The molecule has 0 saturated heterocycles. The van der Waals surface area contributed by atoms with E-state index < -0.39 is 10.0 Å². The van der Waals surface area contributed by atoms with Crippen molar-refractivity contribution in [2.75, 3.05) is 19.7 Å². The second kappa shape index (κ2) is 8.37. The zero-order chi connectivity index (χ0) is 15.9. The molecule has 0 aliphatic heterocycles. The van der Waals surface area contributed by atoms with Gasteiger partial charge in [0.15, 0.2) is 0 Å². The van der Waals surface area contributed by atoms with Crippen molar-refractivity contribution in [3.05, 3.63) is 28.8 Å². The second-order valence-corrected chi connectivity index (χ2v) is 6.61. The lowest BCUT2D eigenvalue weighted by Crippen LogP contribution is -2.28. The fraction of sp³-hybridized carbons (Fsp3) is 0.429. The van der Waals surface area contributed by atoms with Gasteiger partial charge in [-0.3, -0.25) is 0 Å². The van der Waals surface area contributed by atoms with Crippen molar-refractivity contribution in [3.8, 4) is 11.8 Å². The van der Waals surface area contributed by atoms with Gasteiger partial charge in [-0.2, -0.15) is 0 Å². The molecule has 1 aromatic carbocycles. The van der Waals surface area contributed by atoms with Crippen LogP contribution in [-0.2, 0) is 14.8 Å². The Kier molecular flexibility index (Phi) is 7.15. The third kappa shape index (κ3) is 6.04. The third-order valence-electron chi connectivity index (χ3n) is 2.40. The minimum atomic E-state index is -3.66. The zero-order valence-electron chi connectivity index (χ0n) is 12.0. The Morgan fingerprint density at radius 1 is 1.43 bits per heavy atom. The monoisotopic (exact) mass is 330 g/mol. The number of hydrogen-bond acceptors (Lipinski definition) is 4. The molecule has 116 valence electrons. The first-order valence-electron chi connectivity index (χ1n) is 6.46. The first kappa shape index (κ1) is 18.0.